The predicted octanol–water partition coefficient (Wildman–Crippen LogP) is 2.71. The first kappa shape index (κ1) is 10.4. The molecule has 1 saturated carbocycles. The van der Waals surface area contributed by atoms with Crippen LogP contribution in [0.3, 0.4) is 0 Å². The molecular weight excluding hydrogens is 186 g/mol. The van der Waals surface area contributed by atoms with Crippen molar-refractivity contribution in [2.24, 2.45) is 11.8 Å². The van der Waals surface area contributed by atoms with E-state index in [0.717, 1.165) is 17.7 Å². The van der Waals surface area contributed by atoms with Crippen LogP contribution in [-0.4, -0.2) is 16.0 Å². The van der Waals surface area contributed by atoms with Gasteiger partial charge in [-0.3, -0.25) is 0 Å². The Morgan fingerprint density at radius 3 is 2.80 bits per heavy atom. The van der Waals surface area contributed by atoms with Crippen LogP contribution in [0.15, 0.2) is 18.6 Å². The minimum atomic E-state index is 0.589. The Bertz CT molecular complexity index is 299. The first-order valence-electron chi connectivity index (χ1n) is 5.78. The van der Waals surface area contributed by atoms with Gasteiger partial charge >= 0.3 is 0 Å². The van der Waals surface area contributed by atoms with Gasteiger partial charge in [-0.2, -0.15) is 0 Å². The molecule has 82 valence electrons. The molecule has 0 spiro atoms. The van der Waals surface area contributed by atoms with E-state index in [1.165, 1.54) is 19.3 Å². The highest BCUT2D eigenvalue weighted by atomic mass is 15.0. The van der Waals surface area contributed by atoms with Crippen molar-refractivity contribution in [2.45, 2.75) is 39.2 Å². The van der Waals surface area contributed by atoms with Crippen molar-refractivity contribution in [3.8, 4) is 0 Å². The summed E-state index contributed by atoms with van der Waals surface area (Å²) in [7, 11) is 0. The first-order chi connectivity index (χ1) is 7.25. The van der Waals surface area contributed by atoms with Crippen molar-refractivity contribution in [1.29, 1.82) is 0 Å². The molecule has 0 bridgehead atoms. The summed E-state index contributed by atoms with van der Waals surface area (Å²) >= 11 is 0. The molecule has 1 N–H and O–H groups in total. The largest absolute Gasteiger partial charge is 0.367 e. The predicted molar refractivity (Wildman–Crippen MR) is 61.6 cm³/mol. The lowest BCUT2D eigenvalue weighted by Gasteiger charge is -2.32. The van der Waals surface area contributed by atoms with Gasteiger partial charge < -0.3 is 5.32 Å². The minimum absolute atomic E-state index is 0.589. The molecule has 0 aromatic carbocycles. The summed E-state index contributed by atoms with van der Waals surface area (Å²) in [4.78, 5) is 8.11. The lowest BCUT2D eigenvalue weighted by Crippen LogP contribution is -2.30. The van der Waals surface area contributed by atoms with Crippen LogP contribution >= 0.6 is 0 Å². The van der Waals surface area contributed by atoms with Crippen LogP contribution in [-0.2, 0) is 0 Å². The van der Waals surface area contributed by atoms with Crippen LogP contribution in [0.2, 0.25) is 0 Å². The second-order valence-corrected chi connectivity index (χ2v) is 4.70. The van der Waals surface area contributed by atoms with Gasteiger partial charge in [0.15, 0.2) is 0 Å². The molecule has 1 aromatic heterocycles. The lowest BCUT2D eigenvalue weighted by molar-refractivity contribution is 0.260. The van der Waals surface area contributed by atoms with Gasteiger partial charge in [-0.1, -0.05) is 13.8 Å². The summed E-state index contributed by atoms with van der Waals surface area (Å²) in [5.41, 5.74) is 0. The van der Waals surface area contributed by atoms with Gasteiger partial charge in [-0.05, 0) is 37.2 Å². The fourth-order valence-corrected chi connectivity index (χ4v) is 2.26. The van der Waals surface area contributed by atoms with E-state index in [0.29, 0.717) is 6.04 Å². The van der Waals surface area contributed by atoms with Gasteiger partial charge in [0.05, 0.1) is 0 Å². The zero-order valence-corrected chi connectivity index (χ0v) is 9.48. The molecule has 3 unspecified atom stereocenters. The standard InChI is InChI=1S/C12H19N3/c1-9-3-4-11(7-10(9)2)15-12-5-6-13-8-14-12/h5-6,8-11H,3-4,7H2,1-2H3,(H,13,14,15). The summed E-state index contributed by atoms with van der Waals surface area (Å²) in [6, 6.07) is 2.52. The van der Waals surface area contributed by atoms with Gasteiger partial charge in [-0.25, -0.2) is 9.97 Å². The molecule has 0 amide bonds. The minimum Gasteiger partial charge on any atom is -0.367 e. The maximum absolute atomic E-state index is 4.19. The van der Waals surface area contributed by atoms with Crippen molar-refractivity contribution < 1.29 is 0 Å². The Labute approximate surface area is 91.3 Å². The quantitative estimate of drug-likeness (QED) is 0.806. The molecule has 0 radical (unpaired) electrons. The Hall–Kier alpha value is -1.12. The third kappa shape index (κ3) is 2.67. The molecule has 3 heteroatoms. The average Bonchev–Trinajstić information content (AvgIpc) is 2.25. The van der Waals surface area contributed by atoms with E-state index in [1.807, 2.05) is 6.07 Å². The maximum Gasteiger partial charge on any atom is 0.129 e. The molecule has 1 heterocycles. The molecule has 3 atom stereocenters. The van der Waals surface area contributed by atoms with Gasteiger partial charge in [0.1, 0.15) is 12.1 Å². The Morgan fingerprint density at radius 1 is 1.27 bits per heavy atom. The van der Waals surface area contributed by atoms with Crippen LogP contribution in [0.5, 0.6) is 0 Å². The number of hydrogen-bond acceptors (Lipinski definition) is 3. The SMILES string of the molecule is CC1CCC(Nc2ccncn2)CC1C. The molecule has 15 heavy (non-hydrogen) atoms. The third-order valence-electron chi connectivity index (χ3n) is 3.53. The maximum atomic E-state index is 4.19. The molecule has 0 saturated heterocycles. The van der Waals surface area contributed by atoms with E-state index < -0.39 is 0 Å². The van der Waals surface area contributed by atoms with Crippen molar-refractivity contribution in [3.63, 3.8) is 0 Å². The fourth-order valence-electron chi connectivity index (χ4n) is 2.26. The van der Waals surface area contributed by atoms with Crippen LogP contribution in [0.1, 0.15) is 33.1 Å². The number of hydrogen-bond donors (Lipinski definition) is 1. The summed E-state index contributed by atoms with van der Waals surface area (Å²) in [6.45, 7) is 4.70. The molecule has 1 fully saturated rings. The number of nitrogens with zero attached hydrogens (tertiary/aromatic N) is 2. The van der Waals surface area contributed by atoms with Gasteiger partial charge in [0.25, 0.3) is 0 Å². The second-order valence-electron chi connectivity index (χ2n) is 4.70. The van der Waals surface area contributed by atoms with Crippen LogP contribution < -0.4 is 5.32 Å². The third-order valence-corrected chi connectivity index (χ3v) is 3.53. The van der Waals surface area contributed by atoms with E-state index in [-0.39, 0.29) is 0 Å². The van der Waals surface area contributed by atoms with Crippen molar-refractivity contribution >= 4 is 5.82 Å². The summed E-state index contributed by atoms with van der Waals surface area (Å²) in [5.74, 6) is 2.64. The Kier molecular flexibility index (Phi) is 3.19. The number of aromatic nitrogens is 2. The zero-order valence-electron chi connectivity index (χ0n) is 9.48. The second kappa shape index (κ2) is 4.60. The van der Waals surface area contributed by atoms with Gasteiger partial charge in [0.2, 0.25) is 0 Å². The summed E-state index contributed by atoms with van der Waals surface area (Å²) in [5, 5.41) is 3.48. The molecule has 1 aliphatic rings. The van der Waals surface area contributed by atoms with Gasteiger partial charge in [0, 0.05) is 12.2 Å². The average molecular weight is 205 g/mol. The van der Waals surface area contributed by atoms with E-state index in [1.54, 1.807) is 12.5 Å². The molecular formula is C12H19N3. The van der Waals surface area contributed by atoms with Gasteiger partial charge in [-0.15, -0.1) is 0 Å². The number of nitrogens with one attached hydrogen (secondary N) is 1. The lowest BCUT2D eigenvalue weighted by atomic mass is 9.79. The van der Waals surface area contributed by atoms with E-state index in [9.17, 15) is 0 Å². The van der Waals surface area contributed by atoms with Crippen LogP contribution in [0.25, 0.3) is 0 Å². The normalized spacial score (nSPS) is 31.2. The first-order valence-corrected chi connectivity index (χ1v) is 5.78. The van der Waals surface area contributed by atoms with E-state index >= 15 is 0 Å². The highest BCUT2D eigenvalue weighted by Crippen LogP contribution is 2.30. The fraction of sp³-hybridized carbons (Fsp3) is 0.667. The van der Waals surface area contributed by atoms with Crippen LogP contribution in [0.4, 0.5) is 5.82 Å². The molecule has 1 aliphatic carbocycles. The topological polar surface area (TPSA) is 37.8 Å². The smallest absolute Gasteiger partial charge is 0.129 e. The van der Waals surface area contributed by atoms with E-state index in [4.69, 9.17) is 0 Å². The zero-order chi connectivity index (χ0) is 10.7. The van der Waals surface area contributed by atoms with Crippen molar-refractivity contribution in [2.75, 3.05) is 5.32 Å². The van der Waals surface area contributed by atoms with Crippen molar-refractivity contribution in [3.05, 3.63) is 18.6 Å². The Balaban J connectivity index is 1.91. The highest BCUT2D eigenvalue weighted by Gasteiger charge is 2.24. The molecule has 0 aliphatic heterocycles. The number of anilines is 1. The molecule has 1 aromatic rings. The Morgan fingerprint density at radius 2 is 2.13 bits per heavy atom. The van der Waals surface area contributed by atoms with Crippen LogP contribution in [0, 0.1) is 11.8 Å². The van der Waals surface area contributed by atoms with Crippen molar-refractivity contribution in [1.82, 2.24) is 9.97 Å². The van der Waals surface area contributed by atoms with E-state index in [2.05, 4.69) is 29.1 Å². The molecule has 3 nitrogen and oxygen atoms in total. The summed E-state index contributed by atoms with van der Waals surface area (Å²) < 4.78 is 0. The molecule has 2 rings (SSSR count). The monoisotopic (exact) mass is 205 g/mol. The number of rotatable bonds is 2. The highest BCUT2D eigenvalue weighted by molar-refractivity contribution is 5.33. The summed E-state index contributed by atoms with van der Waals surface area (Å²) in [6.07, 6.45) is 7.21.